The Morgan fingerprint density at radius 3 is 2.41 bits per heavy atom. The van der Waals surface area contributed by atoms with Crippen LogP contribution in [0, 0.1) is 0 Å². The summed E-state index contributed by atoms with van der Waals surface area (Å²) in [6.45, 7) is 6.01. The molecule has 92 valence electrons. The van der Waals surface area contributed by atoms with Gasteiger partial charge >= 0.3 is 0 Å². The molecule has 0 heterocycles. The number of hydrogen-bond donors (Lipinski definition) is 0. The average Bonchev–Trinajstić information content (AvgIpc) is 2.79. The highest BCUT2D eigenvalue weighted by molar-refractivity contribution is 5.48. The first-order chi connectivity index (χ1) is 8.28. The van der Waals surface area contributed by atoms with Crippen molar-refractivity contribution in [2.75, 3.05) is 0 Å². The van der Waals surface area contributed by atoms with Gasteiger partial charge in [0.25, 0.3) is 0 Å². The van der Waals surface area contributed by atoms with Crippen LogP contribution in [0.25, 0.3) is 6.08 Å². The summed E-state index contributed by atoms with van der Waals surface area (Å²) in [6, 6.07) is 8.26. The number of ether oxygens (including phenoxy) is 1. The molecule has 1 aliphatic rings. The number of benzene rings is 1. The van der Waals surface area contributed by atoms with Crippen LogP contribution < -0.4 is 4.74 Å². The van der Waals surface area contributed by atoms with Gasteiger partial charge in [-0.25, -0.2) is 0 Å². The van der Waals surface area contributed by atoms with Gasteiger partial charge in [-0.1, -0.05) is 38.1 Å². The van der Waals surface area contributed by atoms with Gasteiger partial charge < -0.3 is 4.74 Å². The van der Waals surface area contributed by atoms with Crippen LogP contribution in [-0.2, 0) is 0 Å². The van der Waals surface area contributed by atoms with E-state index in [0.717, 1.165) is 11.3 Å². The lowest BCUT2D eigenvalue weighted by atomic mass is 9.96. The van der Waals surface area contributed by atoms with E-state index in [1.807, 2.05) is 6.08 Å². The van der Waals surface area contributed by atoms with E-state index in [0.29, 0.717) is 0 Å². The van der Waals surface area contributed by atoms with Gasteiger partial charge in [0.05, 0.1) is 0 Å². The van der Waals surface area contributed by atoms with Crippen molar-refractivity contribution < 1.29 is 4.74 Å². The Bertz CT molecular complexity index is 358. The molecule has 0 bridgehead atoms. The summed E-state index contributed by atoms with van der Waals surface area (Å²) >= 11 is 0. The van der Waals surface area contributed by atoms with E-state index in [1.165, 1.54) is 38.5 Å². The summed E-state index contributed by atoms with van der Waals surface area (Å²) in [5.74, 6) is 1.01. The summed E-state index contributed by atoms with van der Waals surface area (Å²) in [5.41, 5.74) is 1.26. The number of rotatable bonds is 5. The third-order valence-corrected chi connectivity index (χ3v) is 3.67. The topological polar surface area (TPSA) is 9.23 Å². The van der Waals surface area contributed by atoms with Crippen LogP contribution in [0.4, 0.5) is 0 Å². The lowest BCUT2D eigenvalue weighted by Gasteiger charge is -2.30. The zero-order chi connectivity index (χ0) is 12.1. The summed E-state index contributed by atoms with van der Waals surface area (Å²) in [7, 11) is 0. The molecular weight excluding hydrogens is 208 g/mol. The van der Waals surface area contributed by atoms with E-state index in [2.05, 4.69) is 37.8 Å². The second-order valence-corrected chi connectivity index (χ2v) is 5.02. The zero-order valence-corrected chi connectivity index (χ0v) is 10.7. The molecule has 0 aliphatic heterocycles. The summed E-state index contributed by atoms with van der Waals surface area (Å²) in [5, 5.41) is 0. The molecule has 0 N–H and O–H groups in total. The zero-order valence-electron chi connectivity index (χ0n) is 10.7. The molecule has 1 fully saturated rings. The monoisotopic (exact) mass is 230 g/mol. The highest BCUT2D eigenvalue weighted by Crippen LogP contribution is 2.37. The fourth-order valence-corrected chi connectivity index (χ4v) is 2.80. The van der Waals surface area contributed by atoms with Crippen LogP contribution in [0.3, 0.4) is 0 Å². The van der Waals surface area contributed by atoms with Crippen LogP contribution in [0.2, 0.25) is 0 Å². The van der Waals surface area contributed by atoms with E-state index < -0.39 is 0 Å². The van der Waals surface area contributed by atoms with E-state index in [-0.39, 0.29) is 5.60 Å². The van der Waals surface area contributed by atoms with Crippen molar-refractivity contribution in [3.05, 3.63) is 36.4 Å². The van der Waals surface area contributed by atoms with Gasteiger partial charge in [-0.2, -0.15) is 0 Å². The summed E-state index contributed by atoms with van der Waals surface area (Å²) in [6.07, 6.45) is 9.28. The van der Waals surface area contributed by atoms with Crippen molar-refractivity contribution in [2.45, 2.75) is 51.0 Å². The second kappa shape index (κ2) is 5.39. The molecule has 0 atom stereocenters. The molecule has 0 spiro atoms. The predicted molar refractivity (Wildman–Crippen MR) is 73.3 cm³/mol. The van der Waals surface area contributed by atoms with Gasteiger partial charge in [0.2, 0.25) is 0 Å². The van der Waals surface area contributed by atoms with Gasteiger partial charge in [-0.3, -0.25) is 0 Å². The molecule has 0 amide bonds. The van der Waals surface area contributed by atoms with Crippen LogP contribution in [-0.4, -0.2) is 5.60 Å². The lowest BCUT2D eigenvalue weighted by molar-refractivity contribution is 0.0659. The molecule has 0 unspecified atom stereocenters. The minimum Gasteiger partial charge on any atom is -0.487 e. The quantitative estimate of drug-likeness (QED) is 0.704. The molecular formula is C16H22O. The Kier molecular flexibility index (Phi) is 3.88. The molecule has 1 aromatic rings. The molecule has 1 aromatic carbocycles. The molecule has 1 nitrogen and oxygen atoms in total. The number of hydrogen-bond acceptors (Lipinski definition) is 1. The molecule has 17 heavy (non-hydrogen) atoms. The van der Waals surface area contributed by atoms with E-state index in [9.17, 15) is 0 Å². The molecule has 1 saturated carbocycles. The van der Waals surface area contributed by atoms with Gasteiger partial charge in [0.1, 0.15) is 11.4 Å². The Hall–Kier alpha value is -1.24. The first-order valence-electron chi connectivity index (χ1n) is 6.69. The van der Waals surface area contributed by atoms with Gasteiger partial charge in [0.15, 0.2) is 0 Å². The summed E-state index contributed by atoms with van der Waals surface area (Å²) < 4.78 is 6.27. The van der Waals surface area contributed by atoms with Crippen molar-refractivity contribution in [1.82, 2.24) is 0 Å². The first-order valence-corrected chi connectivity index (χ1v) is 6.69. The fraction of sp³-hybridized carbons (Fsp3) is 0.500. The summed E-state index contributed by atoms with van der Waals surface area (Å²) in [4.78, 5) is 0. The maximum absolute atomic E-state index is 6.27. The molecule has 0 radical (unpaired) electrons. The fourth-order valence-electron chi connectivity index (χ4n) is 2.80. The minimum absolute atomic E-state index is 0.116. The third-order valence-electron chi connectivity index (χ3n) is 3.67. The average molecular weight is 230 g/mol. The van der Waals surface area contributed by atoms with Gasteiger partial charge in [-0.05, 0) is 49.8 Å². The molecule has 0 aromatic heterocycles. The van der Waals surface area contributed by atoms with Gasteiger partial charge in [0, 0.05) is 0 Å². The largest absolute Gasteiger partial charge is 0.487 e. The predicted octanol–water partition coefficient (Wildman–Crippen LogP) is 4.82. The van der Waals surface area contributed by atoms with Crippen molar-refractivity contribution in [1.29, 1.82) is 0 Å². The van der Waals surface area contributed by atoms with Crippen molar-refractivity contribution in [3.8, 4) is 5.75 Å². The Morgan fingerprint density at radius 2 is 1.88 bits per heavy atom. The molecule has 1 heteroatoms. The highest BCUT2D eigenvalue weighted by Gasteiger charge is 2.34. The minimum atomic E-state index is 0.116. The normalized spacial score (nSPS) is 17.9. The van der Waals surface area contributed by atoms with Crippen molar-refractivity contribution in [3.63, 3.8) is 0 Å². The Balaban J connectivity index is 2.08. The SMILES string of the molecule is C=Cc1ccc(OC2(CCC)CCCC2)cc1. The molecule has 1 aliphatic carbocycles. The molecule has 2 rings (SSSR count). The van der Waals surface area contributed by atoms with E-state index >= 15 is 0 Å². The molecule has 0 saturated heterocycles. The van der Waals surface area contributed by atoms with Crippen LogP contribution in [0.15, 0.2) is 30.8 Å². The first kappa shape index (κ1) is 12.2. The second-order valence-electron chi connectivity index (χ2n) is 5.02. The lowest BCUT2D eigenvalue weighted by Crippen LogP contribution is -2.32. The van der Waals surface area contributed by atoms with Gasteiger partial charge in [-0.15, -0.1) is 0 Å². The smallest absolute Gasteiger partial charge is 0.120 e. The Labute approximate surface area is 104 Å². The van der Waals surface area contributed by atoms with Crippen LogP contribution in [0.5, 0.6) is 5.75 Å². The highest BCUT2D eigenvalue weighted by atomic mass is 16.5. The van der Waals surface area contributed by atoms with E-state index in [1.54, 1.807) is 0 Å². The van der Waals surface area contributed by atoms with Crippen molar-refractivity contribution >= 4 is 6.08 Å². The maximum Gasteiger partial charge on any atom is 0.120 e. The Morgan fingerprint density at radius 1 is 1.24 bits per heavy atom. The van der Waals surface area contributed by atoms with Crippen LogP contribution >= 0.6 is 0 Å². The third kappa shape index (κ3) is 2.91. The maximum atomic E-state index is 6.27. The van der Waals surface area contributed by atoms with Crippen molar-refractivity contribution in [2.24, 2.45) is 0 Å². The van der Waals surface area contributed by atoms with E-state index in [4.69, 9.17) is 4.74 Å². The standard InChI is InChI=1S/C16H22O/c1-3-11-16(12-5-6-13-16)17-15-9-7-14(4-2)8-10-15/h4,7-10H,2-3,5-6,11-13H2,1H3. The van der Waals surface area contributed by atoms with Crippen LogP contribution in [0.1, 0.15) is 51.0 Å².